The lowest BCUT2D eigenvalue weighted by atomic mass is 10.3. The van der Waals surface area contributed by atoms with E-state index in [4.69, 9.17) is 7.85 Å². The van der Waals surface area contributed by atoms with Crippen LogP contribution in [-0.4, -0.2) is 10.1 Å². The first-order valence-corrected chi connectivity index (χ1v) is 3.14. The summed E-state index contributed by atoms with van der Waals surface area (Å²) in [4.78, 5) is 3.76. The van der Waals surface area contributed by atoms with Crippen molar-refractivity contribution in [3.63, 3.8) is 0 Å². The first kappa shape index (κ1) is 4.41. The summed E-state index contributed by atoms with van der Waals surface area (Å²) in [7, 11) is 0. The molecule has 3 heteroatoms. The molecule has 0 spiro atoms. The highest BCUT2D eigenvalue weighted by Gasteiger charge is 1.88. The molecule has 0 radical (unpaired) electrons. The maximum Gasteiger partial charge on any atom is 0.106 e. The third-order valence-electron chi connectivity index (χ3n) is 0.856. The maximum atomic E-state index is 8.86. The van der Waals surface area contributed by atoms with Crippen molar-refractivity contribution in [2.75, 3.05) is 0 Å². The van der Waals surface area contributed by atoms with Gasteiger partial charge in [-0.15, -0.1) is 0 Å². The molecule has 0 unspecified atom stereocenters. The molecule has 2 nitrogen and oxygen atoms in total. The largest absolute Gasteiger partial charge is 0.392 e. The van der Waals surface area contributed by atoms with Crippen LogP contribution in [0.15, 0.2) is 22.9 Å². The predicted octanol–water partition coefficient (Wildman–Crippen LogP) is 1.34. The van der Waals surface area contributed by atoms with Crippen LogP contribution < -0.4 is 0 Å². The van der Waals surface area contributed by atoms with Crippen molar-refractivity contribution < 1.29 is 7.85 Å². The third kappa shape index (κ3) is 1.77. The van der Waals surface area contributed by atoms with Crippen LogP contribution in [0.3, 0.4) is 0 Å². The molecule has 1 heterocycles. The number of aromatic nitrogens is 1. The normalized spacial score (nSPS) is 14.4. The fourth-order valence-electron chi connectivity index (χ4n) is 0.442. The van der Waals surface area contributed by atoms with Crippen LogP contribution in [0, 0.1) is 0 Å². The molecule has 0 saturated carbocycles. The van der Waals surface area contributed by atoms with Gasteiger partial charge in [0.15, 0.2) is 0 Å². The molecule has 1 aromatic rings. The van der Waals surface area contributed by atoms with Crippen molar-refractivity contribution in [1.29, 1.82) is 0 Å². The van der Waals surface area contributed by atoms with Crippen molar-refractivity contribution in [3.8, 4) is 0 Å². The van der Waals surface area contributed by atoms with E-state index in [0.717, 1.165) is 0 Å². The van der Waals surface area contributed by atoms with Crippen molar-refractivity contribution in [3.05, 3.63) is 28.5 Å². The minimum atomic E-state index is -2.30. The summed E-state index contributed by atoms with van der Waals surface area (Å²) >= 11 is 3.10. The fraction of sp³-hybridized carbons (Fsp3) is 0.167. The molecule has 0 saturated heterocycles. The molecule has 9 heavy (non-hydrogen) atoms. The summed E-state index contributed by atoms with van der Waals surface area (Å²) in [5.41, 5.74) is 0.153. The van der Waals surface area contributed by atoms with E-state index in [9.17, 15) is 0 Å². The van der Waals surface area contributed by atoms with Crippen molar-refractivity contribution in [1.82, 2.24) is 4.98 Å². The predicted molar refractivity (Wildman–Crippen MR) is 37.9 cm³/mol. The summed E-state index contributed by atoms with van der Waals surface area (Å²) in [6.07, 6.45) is 1.28. The van der Waals surface area contributed by atoms with Gasteiger partial charge in [-0.05, 0) is 27.6 Å². The van der Waals surface area contributed by atoms with Crippen LogP contribution in [0.4, 0.5) is 0 Å². The third-order valence-corrected chi connectivity index (χ3v) is 1.33. The number of aliphatic hydroxyl groups is 1. The van der Waals surface area contributed by atoms with Gasteiger partial charge in [0.2, 0.25) is 0 Å². The second kappa shape index (κ2) is 2.94. The number of halogens is 1. The molecule has 48 valence electrons. The van der Waals surface area contributed by atoms with Gasteiger partial charge in [0.05, 0.1) is 9.30 Å². The van der Waals surface area contributed by atoms with Crippen molar-refractivity contribution in [2.24, 2.45) is 0 Å². The van der Waals surface area contributed by atoms with Crippen molar-refractivity contribution in [2.45, 2.75) is 6.56 Å². The van der Waals surface area contributed by atoms with E-state index in [2.05, 4.69) is 20.9 Å². The van der Waals surface area contributed by atoms with Gasteiger partial charge in [0, 0.05) is 6.20 Å². The lowest BCUT2D eigenvalue weighted by Crippen LogP contribution is -1.83. The first-order valence-electron chi connectivity index (χ1n) is 3.34. The molecule has 0 amide bonds. The monoisotopic (exact) mass is 189 g/mol. The van der Waals surface area contributed by atoms with Crippen LogP contribution in [-0.2, 0) is 6.56 Å². The van der Waals surface area contributed by atoms with Gasteiger partial charge < -0.3 is 5.11 Å². The molecule has 0 fully saturated rings. The highest BCUT2D eigenvalue weighted by atomic mass is 79.9. The Labute approximate surface area is 64.5 Å². The number of pyridine rings is 1. The molecular weight excluding hydrogens is 182 g/mol. The first-order chi connectivity index (χ1) is 5.00. The Balaban J connectivity index is 2.99. The van der Waals surface area contributed by atoms with Crippen LogP contribution in [0.1, 0.15) is 8.30 Å². The zero-order valence-electron chi connectivity index (χ0n) is 6.50. The van der Waals surface area contributed by atoms with E-state index in [1.165, 1.54) is 12.3 Å². The number of rotatable bonds is 1. The molecule has 0 bridgehead atoms. The number of hydrogen-bond acceptors (Lipinski definition) is 2. The Morgan fingerprint density at radius 1 is 1.78 bits per heavy atom. The lowest BCUT2D eigenvalue weighted by Gasteiger charge is -1.92. The zero-order chi connectivity index (χ0) is 8.48. The summed E-state index contributed by atoms with van der Waals surface area (Å²) < 4.78 is 14.4. The minimum absolute atomic E-state index is 0.153. The summed E-state index contributed by atoms with van der Waals surface area (Å²) in [6, 6.07) is 3.04. The van der Waals surface area contributed by atoms with Gasteiger partial charge in [-0.25, -0.2) is 4.98 Å². The van der Waals surface area contributed by atoms with Crippen molar-refractivity contribution >= 4 is 15.9 Å². The number of nitrogens with zero attached hydrogens (tertiary/aromatic N) is 1. The van der Waals surface area contributed by atoms with E-state index < -0.39 is 6.56 Å². The van der Waals surface area contributed by atoms with Gasteiger partial charge in [-0.3, -0.25) is 0 Å². The Morgan fingerprint density at radius 3 is 3.00 bits per heavy atom. The smallest absolute Gasteiger partial charge is 0.106 e. The molecule has 0 aliphatic rings. The Morgan fingerprint density at radius 2 is 2.56 bits per heavy atom. The average Bonchev–Trinajstić information content (AvgIpc) is 1.86. The van der Waals surface area contributed by atoms with Crippen LogP contribution >= 0.6 is 15.9 Å². The van der Waals surface area contributed by atoms with E-state index in [0.29, 0.717) is 4.60 Å². The van der Waals surface area contributed by atoms with Crippen LogP contribution in [0.25, 0.3) is 0 Å². The molecule has 0 aromatic carbocycles. The molecular formula is C6H6BrNO. The zero-order valence-corrected chi connectivity index (χ0v) is 6.09. The van der Waals surface area contributed by atoms with E-state index in [-0.39, 0.29) is 5.56 Å². The molecule has 0 aliphatic heterocycles. The van der Waals surface area contributed by atoms with E-state index in [1.807, 2.05) is 0 Å². The van der Waals surface area contributed by atoms with Gasteiger partial charge in [0.25, 0.3) is 0 Å². The standard InChI is InChI=1S/C6H6BrNO/c7-6-2-1-5(4-9)3-8-6/h1-3,9H,4H2/i4D2. The molecule has 1 N–H and O–H groups in total. The topological polar surface area (TPSA) is 33.1 Å². The van der Waals surface area contributed by atoms with Gasteiger partial charge >= 0.3 is 0 Å². The Bertz CT molecular complexity index is 244. The van der Waals surface area contributed by atoms with Gasteiger partial charge in [0.1, 0.15) is 4.60 Å². The Hall–Kier alpha value is -0.410. The molecule has 0 atom stereocenters. The summed E-state index contributed by atoms with van der Waals surface area (Å²) in [5.74, 6) is 0. The number of hydrogen-bond donors (Lipinski definition) is 1. The highest BCUT2D eigenvalue weighted by molar-refractivity contribution is 9.10. The second-order valence-corrected chi connectivity index (χ2v) is 2.29. The van der Waals surface area contributed by atoms with Gasteiger partial charge in [-0.1, -0.05) is 6.07 Å². The quantitative estimate of drug-likeness (QED) is 0.677. The Kier molecular flexibility index (Phi) is 1.44. The highest BCUT2D eigenvalue weighted by Crippen LogP contribution is 2.05. The maximum absolute atomic E-state index is 8.86. The summed E-state index contributed by atoms with van der Waals surface area (Å²) in [6.45, 7) is -2.30. The average molecular weight is 190 g/mol. The van der Waals surface area contributed by atoms with Gasteiger partial charge in [-0.2, -0.15) is 0 Å². The second-order valence-electron chi connectivity index (χ2n) is 1.48. The van der Waals surface area contributed by atoms with Crippen LogP contribution in [0.5, 0.6) is 0 Å². The minimum Gasteiger partial charge on any atom is -0.392 e. The van der Waals surface area contributed by atoms with E-state index in [1.54, 1.807) is 6.07 Å². The fourth-order valence-corrected chi connectivity index (χ4v) is 0.676. The lowest BCUT2D eigenvalue weighted by molar-refractivity contribution is 0.281. The molecule has 1 aromatic heterocycles. The SMILES string of the molecule is [2H]C([2H])(O)c1ccc(Br)nc1. The summed E-state index contributed by atoms with van der Waals surface area (Å²) in [5, 5.41) is 8.86. The van der Waals surface area contributed by atoms with E-state index >= 15 is 0 Å². The molecule has 1 rings (SSSR count). The molecule has 0 aliphatic carbocycles. The van der Waals surface area contributed by atoms with Crippen LogP contribution in [0.2, 0.25) is 0 Å².